The number of hydrogen-bond donors (Lipinski definition) is 2. The number of likely N-dealkylation sites (N-methyl/N-ethyl adjacent to an activating group) is 1. The number of benzene rings is 2. The molecule has 2 unspecified atom stereocenters. The Morgan fingerprint density at radius 2 is 1.81 bits per heavy atom. The summed E-state index contributed by atoms with van der Waals surface area (Å²) in [7, 11) is 1.81. The van der Waals surface area contributed by atoms with Gasteiger partial charge in [-0.3, -0.25) is 9.59 Å². The molecule has 2 N–H and O–H groups in total. The maximum absolute atomic E-state index is 13.4. The zero-order chi connectivity index (χ0) is 26.4. The number of pyridine rings is 1. The van der Waals surface area contributed by atoms with Gasteiger partial charge in [0.1, 0.15) is 17.9 Å². The van der Waals surface area contributed by atoms with Gasteiger partial charge in [-0.1, -0.05) is 49.4 Å². The number of aromatic nitrogens is 1. The Morgan fingerprint density at radius 3 is 2.46 bits per heavy atom. The van der Waals surface area contributed by atoms with E-state index in [0.717, 1.165) is 23.4 Å². The molecule has 1 aromatic heterocycles. The number of hydrogen-bond acceptors (Lipinski definition) is 6. The van der Waals surface area contributed by atoms with Crippen molar-refractivity contribution in [3.8, 4) is 6.07 Å². The fourth-order valence-corrected chi connectivity index (χ4v) is 4.50. The minimum atomic E-state index is -0.571. The van der Waals surface area contributed by atoms with Gasteiger partial charge in [0.15, 0.2) is 0 Å². The highest BCUT2D eigenvalue weighted by Crippen LogP contribution is 2.23. The first-order valence-corrected chi connectivity index (χ1v) is 12.4. The fraction of sp³-hybridized carbons (Fsp3) is 0.310. The summed E-state index contributed by atoms with van der Waals surface area (Å²) in [4.78, 5) is 33.9. The van der Waals surface area contributed by atoms with Gasteiger partial charge >= 0.3 is 0 Å². The van der Waals surface area contributed by atoms with E-state index in [-0.39, 0.29) is 23.8 Å². The predicted octanol–water partition coefficient (Wildman–Crippen LogP) is 3.69. The first-order valence-electron chi connectivity index (χ1n) is 12.4. The molecular weight excluding hydrogens is 464 g/mol. The molecule has 3 atom stereocenters. The van der Waals surface area contributed by atoms with Crippen LogP contribution in [0.25, 0.3) is 0 Å². The number of anilines is 2. The van der Waals surface area contributed by atoms with E-state index >= 15 is 0 Å². The molecule has 3 aromatic rings. The normalized spacial score (nSPS) is 17.1. The number of nitrogens with zero attached hydrogens (tertiary/aromatic N) is 4. The summed E-state index contributed by atoms with van der Waals surface area (Å²) < 4.78 is 0. The first-order chi connectivity index (χ1) is 17.9. The SMILES string of the molecule is CC(CN[C@@H](C(=O)Nc1ccc(N2CCN(C)C(=O)C2C)cn1)c1ccccc1)c1ccc(C#N)cc1. The van der Waals surface area contributed by atoms with Crippen molar-refractivity contribution < 1.29 is 9.59 Å². The quantitative estimate of drug-likeness (QED) is 0.493. The summed E-state index contributed by atoms with van der Waals surface area (Å²) in [6.07, 6.45) is 1.70. The molecule has 1 fully saturated rings. The number of piperazine rings is 1. The van der Waals surface area contributed by atoms with E-state index in [1.807, 2.05) is 67.4 Å². The first kappa shape index (κ1) is 25.9. The lowest BCUT2D eigenvalue weighted by molar-refractivity contribution is -0.132. The van der Waals surface area contributed by atoms with Crippen LogP contribution in [0.2, 0.25) is 0 Å². The van der Waals surface area contributed by atoms with Gasteiger partial charge in [-0.15, -0.1) is 0 Å². The zero-order valence-corrected chi connectivity index (χ0v) is 21.4. The van der Waals surface area contributed by atoms with Crippen LogP contribution < -0.4 is 15.5 Å². The molecule has 0 radical (unpaired) electrons. The Kier molecular flexibility index (Phi) is 8.16. The van der Waals surface area contributed by atoms with Gasteiger partial charge in [0.2, 0.25) is 11.8 Å². The van der Waals surface area contributed by atoms with E-state index in [2.05, 4.69) is 28.6 Å². The molecule has 2 aromatic carbocycles. The van der Waals surface area contributed by atoms with Crippen LogP contribution in [0.3, 0.4) is 0 Å². The third kappa shape index (κ3) is 6.13. The highest BCUT2D eigenvalue weighted by molar-refractivity contribution is 5.95. The van der Waals surface area contributed by atoms with Crippen LogP contribution in [0.5, 0.6) is 0 Å². The van der Waals surface area contributed by atoms with Crippen LogP contribution in [0, 0.1) is 11.3 Å². The van der Waals surface area contributed by atoms with Crippen molar-refractivity contribution in [1.29, 1.82) is 5.26 Å². The van der Waals surface area contributed by atoms with Crippen LogP contribution in [0.15, 0.2) is 72.9 Å². The van der Waals surface area contributed by atoms with Crippen LogP contribution in [0.1, 0.15) is 42.5 Å². The Morgan fingerprint density at radius 1 is 1.08 bits per heavy atom. The fourth-order valence-electron chi connectivity index (χ4n) is 4.50. The largest absolute Gasteiger partial charge is 0.357 e. The van der Waals surface area contributed by atoms with Gasteiger partial charge in [0.05, 0.1) is 23.5 Å². The van der Waals surface area contributed by atoms with Crippen LogP contribution in [-0.2, 0) is 9.59 Å². The minimum Gasteiger partial charge on any atom is -0.357 e. The van der Waals surface area contributed by atoms with Crippen LogP contribution in [-0.4, -0.2) is 54.4 Å². The molecule has 1 aliphatic rings. The second-order valence-electron chi connectivity index (χ2n) is 9.41. The van der Waals surface area contributed by atoms with Crippen molar-refractivity contribution in [2.45, 2.75) is 31.8 Å². The topological polar surface area (TPSA) is 101 Å². The lowest BCUT2D eigenvalue weighted by Gasteiger charge is -2.38. The van der Waals surface area contributed by atoms with Crippen molar-refractivity contribution >= 4 is 23.3 Å². The number of amides is 2. The van der Waals surface area contributed by atoms with Crippen molar-refractivity contribution in [3.05, 3.63) is 89.6 Å². The van der Waals surface area contributed by atoms with E-state index in [0.29, 0.717) is 24.5 Å². The van der Waals surface area contributed by atoms with E-state index in [4.69, 9.17) is 5.26 Å². The highest BCUT2D eigenvalue weighted by atomic mass is 16.2. The molecular formula is C29H32N6O2. The van der Waals surface area contributed by atoms with Crippen molar-refractivity contribution in [3.63, 3.8) is 0 Å². The minimum absolute atomic E-state index is 0.0793. The Bertz CT molecular complexity index is 1250. The lowest BCUT2D eigenvalue weighted by atomic mass is 9.98. The van der Waals surface area contributed by atoms with Crippen molar-refractivity contribution in [1.82, 2.24) is 15.2 Å². The molecule has 1 saturated heterocycles. The molecule has 0 spiro atoms. The molecule has 8 heteroatoms. The summed E-state index contributed by atoms with van der Waals surface area (Å²) in [6, 6.07) is 22.1. The third-order valence-electron chi connectivity index (χ3n) is 6.84. The Balaban J connectivity index is 1.44. The maximum atomic E-state index is 13.4. The summed E-state index contributed by atoms with van der Waals surface area (Å²) >= 11 is 0. The average Bonchev–Trinajstić information content (AvgIpc) is 2.93. The monoisotopic (exact) mass is 496 g/mol. The van der Waals surface area contributed by atoms with E-state index in [1.54, 1.807) is 29.3 Å². The van der Waals surface area contributed by atoms with Crippen molar-refractivity contribution in [2.75, 3.05) is 36.9 Å². The summed E-state index contributed by atoms with van der Waals surface area (Å²) in [6.45, 7) is 5.93. The summed E-state index contributed by atoms with van der Waals surface area (Å²) in [5, 5.41) is 15.4. The zero-order valence-electron chi connectivity index (χ0n) is 21.4. The molecule has 0 saturated carbocycles. The van der Waals surface area contributed by atoms with Gasteiger partial charge < -0.3 is 20.4 Å². The molecule has 1 aliphatic heterocycles. The molecule has 2 amide bonds. The van der Waals surface area contributed by atoms with Crippen LogP contribution >= 0.6 is 0 Å². The molecule has 0 bridgehead atoms. The molecule has 190 valence electrons. The number of carbonyl (C=O) groups excluding carboxylic acids is 2. The Labute approximate surface area is 217 Å². The summed E-state index contributed by atoms with van der Waals surface area (Å²) in [5.74, 6) is 0.458. The van der Waals surface area contributed by atoms with Crippen molar-refractivity contribution in [2.24, 2.45) is 0 Å². The van der Waals surface area contributed by atoms with Gasteiger partial charge in [-0.05, 0) is 48.2 Å². The van der Waals surface area contributed by atoms with E-state index < -0.39 is 6.04 Å². The third-order valence-corrected chi connectivity index (χ3v) is 6.84. The summed E-state index contributed by atoms with van der Waals surface area (Å²) in [5.41, 5.74) is 3.42. The molecule has 37 heavy (non-hydrogen) atoms. The number of nitrogens with one attached hydrogen (secondary N) is 2. The van der Waals surface area contributed by atoms with Crippen LogP contribution in [0.4, 0.5) is 11.5 Å². The molecule has 8 nitrogen and oxygen atoms in total. The smallest absolute Gasteiger partial charge is 0.247 e. The van der Waals surface area contributed by atoms with Gasteiger partial charge in [0.25, 0.3) is 0 Å². The molecule has 0 aliphatic carbocycles. The highest BCUT2D eigenvalue weighted by Gasteiger charge is 2.29. The lowest BCUT2D eigenvalue weighted by Crippen LogP contribution is -2.54. The standard InChI is InChI=1S/C29H32N6O2/c1-20(23-11-9-22(17-30)10-12-23)18-32-27(24-7-5-4-6-8-24)28(36)33-26-14-13-25(19-31-26)35-16-15-34(3)29(37)21(35)2/h4-14,19-21,27,32H,15-16,18H2,1-3H3,(H,31,33,36)/t20?,21?,27-/m1/s1. The predicted molar refractivity (Wildman–Crippen MR) is 144 cm³/mol. The molecule has 4 rings (SSSR count). The average molecular weight is 497 g/mol. The number of carbonyl (C=O) groups is 2. The van der Waals surface area contributed by atoms with Gasteiger partial charge in [0, 0.05) is 26.7 Å². The number of rotatable bonds is 8. The second-order valence-corrected chi connectivity index (χ2v) is 9.41. The molecule has 2 heterocycles. The number of nitriles is 1. The van der Waals surface area contributed by atoms with E-state index in [9.17, 15) is 9.59 Å². The Hall–Kier alpha value is -4.22. The van der Waals surface area contributed by atoms with E-state index in [1.165, 1.54) is 0 Å². The maximum Gasteiger partial charge on any atom is 0.247 e. The second kappa shape index (κ2) is 11.7. The van der Waals surface area contributed by atoms with Gasteiger partial charge in [-0.2, -0.15) is 5.26 Å². The van der Waals surface area contributed by atoms with Gasteiger partial charge in [-0.25, -0.2) is 4.98 Å².